The molecule has 0 amide bonds. The lowest BCUT2D eigenvalue weighted by Gasteiger charge is -2.12. The Morgan fingerprint density at radius 3 is 2.29 bits per heavy atom. The molecule has 0 aromatic heterocycles. The molecule has 0 unspecified atom stereocenters. The minimum absolute atomic E-state index is 0.0872. The van der Waals surface area contributed by atoms with Gasteiger partial charge in [-0.05, 0) is 53.9 Å². The molecular weight excluding hydrogens is 543 g/mol. The molecule has 0 spiro atoms. The molecule has 0 aliphatic rings. The van der Waals surface area contributed by atoms with Crippen LogP contribution in [0.5, 0.6) is 11.5 Å². The quantitative estimate of drug-likeness (QED) is 0.0610. The molecule has 196 valence electrons. The Hall–Kier alpha value is -4.40. The first-order valence-electron chi connectivity index (χ1n) is 10.3. The number of anilines is 2. The lowest BCUT2D eigenvalue weighted by Crippen LogP contribution is -2.04. The maximum absolute atomic E-state index is 12.1. The minimum atomic E-state index is -4.97. The van der Waals surface area contributed by atoms with Crippen LogP contribution in [-0.2, 0) is 14.7 Å². The van der Waals surface area contributed by atoms with Gasteiger partial charge in [0.2, 0.25) is 0 Å². The Morgan fingerprint density at radius 1 is 0.921 bits per heavy atom. The van der Waals surface area contributed by atoms with Crippen molar-refractivity contribution in [1.82, 2.24) is 0 Å². The Morgan fingerprint density at radius 2 is 1.63 bits per heavy atom. The van der Waals surface area contributed by atoms with Gasteiger partial charge >= 0.3 is 7.60 Å². The standard InChI is InChI=1S/C22H17N4O10PS/c27-19-7-5-15(26(29)30)11-18(19)24-25-21-20(38(34,35)36)9-12-8-14(4-6-17(12)22(21)28)23-13-2-1-3-16(10-13)37(31,32)33/h1-11,23,27-28H,(H2,31,32,33)(H,34,35,36). The number of benzene rings is 4. The molecule has 0 heterocycles. The van der Waals surface area contributed by atoms with E-state index in [1.807, 2.05) is 0 Å². The maximum Gasteiger partial charge on any atom is 0.356 e. The normalized spacial score (nSPS) is 12.2. The van der Waals surface area contributed by atoms with Crippen LogP contribution in [0.1, 0.15) is 0 Å². The lowest BCUT2D eigenvalue weighted by molar-refractivity contribution is -0.384. The van der Waals surface area contributed by atoms with Crippen molar-refractivity contribution in [3.8, 4) is 11.5 Å². The fraction of sp³-hybridized carbons (Fsp3) is 0. The van der Waals surface area contributed by atoms with Crippen molar-refractivity contribution in [3.05, 3.63) is 76.8 Å². The zero-order chi connectivity index (χ0) is 27.8. The van der Waals surface area contributed by atoms with E-state index in [1.165, 1.54) is 42.5 Å². The van der Waals surface area contributed by atoms with Crippen LogP contribution >= 0.6 is 7.60 Å². The van der Waals surface area contributed by atoms with Gasteiger partial charge in [-0.15, -0.1) is 10.2 Å². The highest BCUT2D eigenvalue weighted by Crippen LogP contribution is 2.43. The summed E-state index contributed by atoms with van der Waals surface area (Å²) in [7, 11) is -9.47. The van der Waals surface area contributed by atoms with Gasteiger partial charge in [-0.3, -0.25) is 19.2 Å². The van der Waals surface area contributed by atoms with Crippen LogP contribution < -0.4 is 10.6 Å². The van der Waals surface area contributed by atoms with Crippen LogP contribution in [0.15, 0.2) is 81.9 Å². The van der Waals surface area contributed by atoms with Gasteiger partial charge in [-0.1, -0.05) is 6.07 Å². The van der Waals surface area contributed by atoms with E-state index < -0.39 is 56.1 Å². The van der Waals surface area contributed by atoms with Crippen LogP contribution in [0.2, 0.25) is 0 Å². The summed E-state index contributed by atoms with van der Waals surface area (Å²) in [6, 6.07) is 13.6. The highest BCUT2D eigenvalue weighted by atomic mass is 32.2. The van der Waals surface area contributed by atoms with Crippen LogP contribution in [0.4, 0.5) is 28.4 Å². The first kappa shape index (κ1) is 26.7. The smallest absolute Gasteiger partial charge is 0.356 e. The van der Waals surface area contributed by atoms with E-state index in [9.17, 15) is 47.6 Å². The van der Waals surface area contributed by atoms with Crippen LogP contribution in [0.25, 0.3) is 10.8 Å². The second-order valence-corrected chi connectivity index (χ2v) is 10.8. The summed E-state index contributed by atoms with van der Waals surface area (Å²) in [4.78, 5) is 28.1. The summed E-state index contributed by atoms with van der Waals surface area (Å²) < 4.78 is 45.5. The third-order valence-corrected chi connectivity index (χ3v) is 7.05. The van der Waals surface area contributed by atoms with Gasteiger partial charge in [0.25, 0.3) is 15.8 Å². The Kier molecular flexibility index (Phi) is 6.88. The Balaban J connectivity index is 1.79. The molecule has 0 saturated carbocycles. The predicted molar refractivity (Wildman–Crippen MR) is 136 cm³/mol. The molecule has 14 nitrogen and oxygen atoms in total. The molecule has 0 aliphatic heterocycles. The van der Waals surface area contributed by atoms with Crippen molar-refractivity contribution in [2.75, 3.05) is 5.32 Å². The van der Waals surface area contributed by atoms with Crippen molar-refractivity contribution in [1.29, 1.82) is 0 Å². The third-order valence-electron chi connectivity index (χ3n) is 5.23. The van der Waals surface area contributed by atoms with Gasteiger partial charge in [0.05, 0.1) is 10.2 Å². The van der Waals surface area contributed by atoms with Gasteiger partial charge in [-0.2, -0.15) is 8.42 Å². The monoisotopic (exact) mass is 560 g/mol. The van der Waals surface area contributed by atoms with Crippen LogP contribution in [0.3, 0.4) is 0 Å². The first-order chi connectivity index (χ1) is 17.7. The van der Waals surface area contributed by atoms with E-state index in [0.29, 0.717) is 11.4 Å². The molecule has 0 radical (unpaired) electrons. The molecule has 4 aromatic carbocycles. The fourth-order valence-corrected chi connectivity index (χ4v) is 4.71. The van der Waals surface area contributed by atoms with Gasteiger partial charge in [0, 0.05) is 28.9 Å². The van der Waals surface area contributed by atoms with Crippen LogP contribution in [-0.4, -0.2) is 37.9 Å². The largest absolute Gasteiger partial charge is 0.506 e. The number of hydrogen-bond donors (Lipinski definition) is 6. The highest BCUT2D eigenvalue weighted by molar-refractivity contribution is 7.86. The topological polar surface area (TPSA) is 232 Å². The molecule has 0 fully saturated rings. The van der Waals surface area contributed by atoms with E-state index in [4.69, 9.17) is 0 Å². The van der Waals surface area contributed by atoms with Crippen LogP contribution in [0, 0.1) is 10.1 Å². The third kappa shape index (κ3) is 5.61. The molecule has 0 saturated heterocycles. The van der Waals surface area contributed by atoms with Gasteiger partial charge in [-0.25, -0.2) is 0 Å². The molecule has 16 heteroatoms. The highest BCUT2D eigenvalue weighted by Gasteiger charge is 2.23. The molecular formula is C22H17N4O10PS. The number of rotatable bonds is 7. The van der Waals surface area contributed by atoms with Crippen molar-refractivity contribution in [2.45, 2.75) is 4.90 Å². The van der Waals surface area contributed by atoms with Gasteiger partial charge < -0.3 is 25.3 Å². The number of nitrogens with zero attached hydrogens (tertiary/aromatic N) is 3. The molecule has 4 aromatic rings. The zero-order valence-electron chi connectivity index (χ0n) is 18.8. The second-order valence-electron chi connectivity index (χ2n) is 7.83. The number of phenols is 2. The number of phenolic OH excluding ortho intramolecular Hbond substituents is 2. The average molecular weight is 560 g/mol. The number of aromatic hydroxyl groups is 2. The second kappa shape index (κ2) is 9.81. The number of nitro benzene ring substituents is 1. The predicted octanol–water partition coefficient (Wildman–Crippen LogP) is 4.37. The minimum Gasteiger partial charge on any atom is -0.506 e. The van der Waals surface area contributed by atoms with E-state index >= 15 is 0 Å². The maximum atomic E-state index is 12.1. The summed E-state index contributed by atoms with van der Waals surface area (Å²) in [5.74, 6) is -1.20. The lowest BCUT2D eigenvalue weighted by atomic mass is 10.1. The molecule has 0 atom stereocenters. The van der Waals surface area contributed by atoms with Crippen molar-refractivity contribution in [3.63, 3.8) is 0 Å². The average Bonchev–Trinajstić information content (AvgIpc) is 2.83. The summed E-state index contributed by atoms with van der Waals surface area (Å²) in [5.41, 5.74) is -0.845. The number of nitrogens with one attached hydrogen (secondary N) is 1. The first-order valence-corrected chi connectivity index (χ1v) is 13.4. The molecule has 0 bridgehead atoms. The Labute approximate surface area is 213 Å². The SMILES string of the molecule is O=[N+]([O-])c1ccc(O)c(N=Nc2c(S(=O)(=O)O)cc3cc(Nc4cccc(P(=O)(O)O)c4)ccc3c2O)c1. The number of azo groups is 1. The fourth-order valence-electron chi connectivity index (χ4n) is 3.46. The summed E-state index contributed by atoms with van der Waals surface area (Å²) >= 11 is 0. The van der Waals surface area contributed by atoms with Gasteiger partial charge in [0.15, 0.2) is 5.75 Å². The van der Waals surface area contributed by atoms with Gasteiger partial charge in [0.1, 0.15) is 22.0 Å². The zero-order valence-corrected chi connectivity index (χ0v) is 20.5. The Bertz CT molecular complexity index is 1790. The molecule has 38 heavy (non-hydrogen) atoms. The van der Waals surface area contributed by atoms with Crippen molar-refractivity contribution in [2.24, 2.45) is 10.2 Å². The van der Waals surface area contributed by atoms with Crippen molar-refractivity contribution >= 4 is 62.2 Å². The van der Waals surface area contributed by atoms with E-state index in [-0.39, 0.29) is 16.1 Å². The van der Waals surface area contributed by atoms with E-state index in [2.05, 4.69) is 15.5 Å². The number of non-ortho nitro benzene ring substituents is 1. The van der Waals surface area contributed by atoms with E-state index in [1.54, 1.807) is 0 Å². The number of nitro groups is 1. The molecule has 6 N–H and O–H groups in total. The summed E-state index contributed by atoms with van der Waals surface area (Å²) in [6.07, 6.45) is 0. The summed E-state index contributed by atoms with van der Waals surface area (Å²) in [6.45, 7) is 0. The number of fused-ring (bicyclic) bond motifs is 1. The summed E-state index contributed by atoms with van der Waals surface area (Å²) in [5, 5.41) is 41.9. The molecule has 0 aliphatic carbocycles. The van der Waals surface area contributed by atoms with E-state index in [0.717, 1.165) is 24.3 Å². The molecule has 4 rings (SSSR count). The van der Waals surface area contributed by atoms with Crippen molar-refractivity contribution < 1.29 is 42.5 Å². The number of hydrogen-bond acceptors (Lipinski definition) is 10.